The number of nitrogens with one attached hydrogen (secondary N) is 1. The van der Waals surface area contributed by atoms with Crippen LogP contribution in [0.5, 0.6) is 0 Å². The van der Waals surface area contributed by atoms with Crippen LogP contribution in [0.4, 0.5) is 0 Å². The van der Waals surface area contributed by atoms with Crippen LogP contribution >= 0.6 is 0 Å². The molecule has 6 atom stereocenters. The number of amides is 1. The molecule has 4 unspecified atom stereocenters. The van der Waals surface area contributed by atoms with Gasteiger partial charge in [-0.3, -0.25) is 14.0 Å². The van der Waals surface area contributed by atoms with Crippen molar-refractivity contribution in [1.29, 1.82) is 0 Å². The lowest BCUT2D eigenvalue weighted by Gasteiger charge is -2.17. The normalized spacial score (nSPS) is 43.2. The number of aliphatic hydroxyl groups is 1. The molecule has 2 aliphatic carbocycles. The van der Waals surface area contributed by atoms with E-state index in [4.69, 9.17) is 4.74 Å². The number of hydrogen-bond donors (Lipinski definition) is 2. The Morgan fingerprint density at radius 1 is 1.50 bits per heavy atom. The molecule has 1 heterocycles. The summed E-state index contributed by atoms with van der Waals surface area (Å²) in [5.74, 6) is 0.841. The first kappa shape index (κ1) is 14.2. The molecule has 3 aliphatic rings. The minimum Gasteiger partial charge on any atom is -0.366 e. The Bertz CT molecular complexity index is 467. The maximum atomic E-state index is 12.3. The Labute approximate surface area is 120 Å². The van der Waals surface area contributed by atoms with E-state index in [2.05, 4.69) is 10.3 Å². The molecule has 7 heteroatoms. The van der Waals surface area contributed by atoms with Crippen LogP contribution in [0.3, 0.4) is 0 Å². The number of rotatable bonds is 4. The molecule has 0 aromatic carbocycles. The number of carbonyl (C=O) groups excluding carboxylic acids is 1. The molecular weight excluding hydrogens is 280 g/mol. The second-order valence-electron chi connectivity index (χ2n) is 5.73. The van der Waals surface area contributed by atoms with E-state index in [1.807, 2.05) is 0 Å². The molecule has 1 aliphatic heterocycles. The van der Waals surface area contributed by atoms with Crippen LogP contribution < -0.4 is 5.32 Å². The third-order valence-electron chi connectivity index (χ3n) is 4.49. The van der Waals surface area contributed by atoms with Gasteiger partial charge in [0.2, 0.25) is 5.91 Å². The van der Waals surface area contributed by atoms with Gasteiger partial charge in [-0.1, -0.05) is 6.42 Å². The molecule has 0 radical (unpaired) electrons. The Balaban J connectivity index is 1.72. The van der Waals surface area contributed by atoms with Gasteiger partial charge in [0.1, 0.15) is 10.8 Å². The summed E-state index contributed by atoms with van der Waals surface area (Å²) in [5, 5.41) is 11.4. The summed E-state index contributed by atoms with van der Waals surface area (Å²) in [6.07, 6.45) is 3.34. The minimum absolute atomic E-state index is 0.177. The van der Waals surface area contributed by atoms with E-state index in [0.717, 1.165) is 12.3 Å². The van der Waals surface area contributed by atoms with Gasteiger partial charge >= 0.3 is 0 Å². The van der Waals surface area contributed by atoms with Gasteiger partial charge in [-0.25, -0.2) is 0 Å². The first-order valence-electron chi connectivity index (χ1n) is 7.19. The number of carbonyl (C=O) groups is 1. The Kier molecular flexibility index (Phi) is 3.92. The van der Waals surface area contributed by atoms with Crippen molar-refractivity contribution in [2.24, 2.45) is 16.8 Å². The highest BCUT2D eigenvalue weighted by atomic mass is 32.2. The van der Waals surface area contributed by atoms with E-state index in [1.165, 1.54) is 19.3 Å². The van der Waals surface area contributed by atoms with Gasteiger partial charge in [-0.2, -0.15) is 0 Å². The SMILES string of the molecule is CCOC(O)C1C(=O)NC(=N[C@H]2C[C@@H]3CCC2C3)S1=O. The van der Waals surface area contributed by atoms with Crippen molar-refractivity contribution in [2.45, 2.75) is 50.2 Å². The Morgan fingerprint density at radius 2 is 2.30 bits per heavy atom. The fourth-order valence-corrected chi connectivity index (χ4v) is 4.77. The quantitative estimate of drug-likeness (QED) is 0.723. The maximum absolute atomic E-state index is 12.3. The first-order chi connectivity index (χ1) is 9.60. The van der Waals surface area contributed by atoms with E-state index in [1.54, 1.807) is 6.92 Å². The lowest BCUT2D eigenvalue weighted by atomic mass is 9.96. The highest BCUT2D eigenvalue weighted by Crippen LogP contribution is 2.46. The van der Waals surface area contributed by atoms with E-state index < -0.39 is 28.2 Å². The van der Waals surface area contributed by atoms with E-state index in [0.29, 0.717) is 5.92 Å². The summed E-state index contributed by atoms with van der Waals surface area (Å²) in [6, 6.07) is 0.177. The van der Waals surface area contributed by atoms with Gasteiger partial charge in [0.25, 0.3) is 0 Å². The van der Waals surface area contributed by atoms with E-state index in [9.17, 15) is 14.1 Å². The van der Waals surface area contributed by atoms with Crippen LogP contribution in [0.25, 0.3) is 0 Å². The zero-order valence-corrected chi connectivity index (χ0v) is 12.3. The molecule has 112 valence electrons. The fourth-order valence-electron chi connectivity index (χ4n) is 3.54. The number of nitrogens with zero attached hydrogens (tertiary/aromatic N) is 1. The Morgan fingerprint density at radius 3 is 2.90 bits per heavy atom. The van der Waals surface area contributed by atoms with Crippen molar-refractivity contribution in [3.8, 4) is 0 Å². The summed E-state index contributed by atoms with van der Waals surface area (Å²) in [5.41, 5.74) is 0. The molecule has 2 bridgehead atoms. The third-order valence-corrected chi connectivity index (χ3v) is 5.99. The van der Waals surface area contributed by atoms with Gasteiger partial charge in [0.15, 0.2) is 16.7 Å². The first-order valence-corrected chi connectivity index (χ1v) is 8.40. The van der Waals surface area contributed by atoms with Crippen molar-refractivity contribution < 1.29 is 18.8 Å². The second-order valence-corrected chi connectivity index (χ2v) is 7.22. The topological polar surface area (TPSA) is 88.0 Å². The molecule has 2 saturated carbocycles. The van der Waals surface area contributed by atoms with Crippen LogP contribution in [0.15, 0.2) is 4.99 Å². The van der Waals surface area contributed by atoms with Crippen LogP contribution in [0.2, 0.25) is 0 Å². The number of hydrogen-bond acceptors (Lipinski definition) is 5. The zero-order valence-electron chi connectivity index (χ0n) is 11.4. The van der Waals surface area contributed by atoms with Crippen molar-refractivity contribution in [3.63, 3.8) is 0 Å². The van der Waals surface area contributed by atoms with Crippen molar-refractivity contribution in [1.82, 2.24) is 5.32 Å². The number of aliphatic imine (C=N–C) groups is 1. The summed E-state index contributed by atoms with van der Waals surface area (Å²) in [4.78, 5) is 16.3. The van der Waals surface area contributed by atoms with E-state index >= 15 is 0 Å². The molecule has 6 nitrogen and oxygen atoms in total. The van der Waals surface area contributed by atoms with Gasteiger partial charge in [-0.05, 0) is 38.0 Å². The van der Waals surface area contributed by atoms with Gasteiger partial charge in [0, 0.05) is 6.61 Å². The molecule has 3 rings (SSSR count). The standard InChI is InChI=1S/C13H20N2O4S/c1-2-19-12(17)10-11(16)15-13(20(10)18)14-9-6-7-3-4-8(9)5-7/h7-10,12,17H,2-6H2,1H3,(H,14,15,16)/t7-,8?,9+,10?,12?,20?/m1/s1. The molecule has 0 aromatic rings. The molecule has 1 saturated heterocycles. The highest BCUT2D eigenvalue weighted by molar-refractivity contribution is 8.02. The molecule has 20 heavy (non-hydrogen) atoms. The predicted molar refractivity (Wildman–Crippen MR) is 74.4 cm³/mol. The smallest absolute Gasteiger partial charge is 0.247 e. The van der Waals surface area contributed by atoms with Crippen LogP contribution in [-0.2, 0) is 20.3 Å². The van der Waals surface area contributed by atoms with Crippen molar-refractivity contribution in [3.05, 3.63) is 0 Å². The van der Waals surface area contributed by atoms with Crippen molar-refractivity contribution in [2.75, 3.05) is 6.61 Å². The largest absolute Gasteiger partial charge is 0.366 e. The summed E-state index contributed by atoms with van der Waals surface area (Å²) in [6.45, 7) is 1.98. The van der Waals surface area contributed by atoms with Crippen molar-refractivity contribution >= 4 is 21.9 Å². The maximum Gasteiger partial charge on any atom is 0.247 e. The molecule has 1 amide bonds. The van der Waals surface area contributed by atoms with E-state index in [-0.39, 0.29) is 17.8 Å². The lowest BCUT2D eigenvalue weighted by Crippen LogP contribution is -2.37. The summed E-state index contributed by atoms with van der Waals surface area (Å²) in [7, 11) is -1.64. The Hall–Kier alpha value is -0.790. The predicted octanol–water partition coefficient (Wildman–Crippen LogP) is 0.133. The monoisotopic (exact) mass is 300 g/mol. The number of fused-ring (bicyclic) bond motifs is 2. The van der Waals surface area contributed by atoms with Crippen LogP contribution in [-0.4, -0.2) is 44.6 Å². The lowest BCUT2D eigenvalue weighted by molar-refractivity contribution is -0.133. The number of aliphatic hydroxyl groups excluding tert-OH is 1. The zero-order chi connectivity index (χ0) is 14.3. The van der Waals surface area contributed by atoms with Crippen LogP contribution in [0.1, 0.15) is 32.6 Å². The van der Waals surface area contributed by atoms with Gasteiger partial charge in [-0.15, -0.1) is 0 Å². The van der Waals surface area contributed by atoms with Gasteiger partial charge < -0.3 is 15.2 Å². The highest BCUT2D eigenvalue weighted by Gasteiger charge is 2.45. The fraction of sp³-hybridized carbons (Fsp3) is 0.846. The third kappa shape index (κ3) is 2.42. The van der Waals surface area contributed by atoms with Crippen LogP contribution in [0, 0.1) is 11.8 Å². The molecular formula is C13H20N2O4S. The average Bonchev–Trinajstić information content (AvgIpc) is 3.06. The molecule has 0 spiro atoms. The molecule has 3 fully saturated rings. The molecule has 2 N–H and O–H groups in total. The number of amidine groups is 1. The summed E-state index contributed by atoms with van der Waals surface area (Å²) < 4.78 is 17.3. The average molecular weight is 300 g/mol. The molecule has 0 aromatic heterocycles. The minimum atomic E-state index is -1.64. The number of ether oxygens (including phenoxy) is 1. The van der Waals surface area contributed by atoms with Gasteiger partial charge in [0.05, 0.1) is 6.04 Å². The summed E-state index contributed by atoms with van der Waals surface area (Å²) >= 11 is 0. The second kappa shape index (κ2) is 5.54.